The molecule has 0 unspecified atom stereocenters. The monoisotopic (exact) mass is 320 g/mol. The summed E-state index contributed by atoms with van der Waals surface area (Å²) in [6.07, 6.45) is -3.94. The number of rotatable bonds is 1. The molecule has 1 heterocycles. The summed E-state index contributed by atoms with van der Waals surface area (Å²) < 4.78 is 39.2. The number of nitrogens with zero attached hydrogens (tertiary/aromatic N) is 1. The Hall–Kier alpha value is -2.50. The summed E-state index contributed by atoms with van der Waals surface area (Å²) in [5, 5.41) is 0. The average molecular weight is 320 g/mol. The predicted molar refractivity (Wildman–Crippen MR) is 80.7 cm³/mol. The Bertz CT molecular complexity index is 756. The summed E-state index contributed by atoms with van der Waals surface area (Å²) >= 11 is 0. The van der Waals surface area contributed by atoms with Crippen molar-refractivity contribution in [1.29, 1.82) is 0 Å². The Morgan fingerprint density at radius 3 is 2.57 bits per heavy atom. The zero-order valence-corrected chi connectivity index (χ0v) is 12.2. The van der Waals surface area contributed by atoms with Crippen LogP contribution < -0.4 is 5.73 Å². The van der Waals surface area contributed by atoms with Crippen molar-refractivity contribution in [1.82, 2.24) is 4.90 Å². The van der Waals surface area contributed by atoms with Crippen LogP contribution >= 0.6 is 0 Å². The molecule has 0 radical (unpaired) electrons. The average Bonchev–Trinajstić information content (AvgIpc) is 2.52. The fourth-order valence-corrected chi connectivity index (χ4v) is 2.84. The van der Waals surface area contributed by atoms with E-state index < -0.39 is 17.6 Å². The Labute approximate surface area is 131 Å². The van der Waals surface area contributed by atoms with Crippen LogP contribution in [0.3, 0.4) is 0 Å². The standard InChI is InChI=1S/C17H15F3N2O/c18-17(19,20)15-4-2-1-3-14(15)16(23)22-8-7-11-5-6-13(21)9-12(11)10-22/h1-6,9H,7-8,10,21H2. The lowest BCUT2D eigenvalue weighted by atomic mass is 9.97. The highest BCUT2D eigenvalue weighted by atomic mass is 19.4. The molecule has 0 aromatic heterocycles. The molecule has 3 nitrogen and oxygen atoms in total. The van der Waals surface area contributed by atoms with Crippen LogP contribution in [-0.4, -0.2) is 17.4 Å². The lowest BCUT2D eigenvalue weighted by Crippen LogP contribution is -2.37. The van der Waals surface area contributed by atoms with E-state index in [1.54, 1.807) is 12.1 Å². The number of amides is 1. The van der Waals surface area contributed by atoms with Gasteiger partial charge in [0.15, 0.2) is 0 Å². The highest BCUT2D eigenvalue weighted by Crippen LogP contribution is 2.33. The summed E-state index contributed by atoms with van der Waals surface area (Å²) in [5.41, 5.74) is 7.07. The van der Waals surface area contributed by atoms with Gasteiger partial charge in [0.25, 0.3) is 5.91 Å². The van der Waals surface area contributed by atoms with E-state index in [2.05, 4.69) is 0 Å². The molecule has 0 fully saturated rings. The van der Waals surface area contributed by atoms with Gasteiger partial charge in [-0.05, 0) is 41.8 Å². The molecule has 0 atom stereocenters. The second-order valence-corrected chi connectivity index (χ2v) is 5.55. The van der Waals surface area contributed by atoms with Crippen LogP contribution in [-0.2, 0) is 19.1 Å². The molecule has 1 aliphatic heterocycles. The van der Waals surface area contributed by atoms with E-state index in [0.29, 0.717) is 18.7 Å². The van der Waals surface area contributed by atoms with Gasteiger partial charge in [-0.1, -0.05) is 18.2 Å². The first-order valence-electron chi connectivity index (χ1n) is 7.19. The van der Waals surface area contributed by atoms with Gasteiger partial charge in [0.1, 0.15) is 0 Å². The second-order valence-electron chi connectivity index (χ2n) is 5.55. The van der Waals surface area contributed by atoms with Gasteiger partial charge in [-0.2, -0.15) is 13.2 Å². The van der Waals surface area contributed by atoms with Gasteiger partial charge >= 0.3 is 6.18 Å². The van der Waals surface area contributed by atoms with E-state index in [1.807, 2.05) is 6.07 Å². The van der Waals surface area contributed by atoms with Crippen LogP contribution in [0.5, 0.6) is 0 Å². The topological polar surface area (TPSA) is 46.3 Å². The molecule has 23 heavy (non-hydrogen) atoms. The quantitative estimate of drug-likeness (QED) is 0.818. The molecule has 0 saturated heterocycles. The van der Waals surface area contributed by atoms with Crippen molar-refractivity contribution in [2.24, 2.45) is 0 Å². The Morgan fingerprint density at radius 1 is 1.09 bits per heavy atom. The first-order chi connectivity index (χ1) is 10.9. The summed E-state index contributed by atoms with van der Waals surface area (Å²) in [5.74, 6) is -0.606. The molecule has 6 heteroatoms. The minimum absolute atomic E-state index is 0.269. The number of benzene rings is 2. The fraction of sp³-hybridized carbons (Fsp3) is 0.235. The zero-order valence-electron chi connectivity index (χ0n) is 12.2. The first kappa shape index (κ1) is 15.4. The summed E-state index contributed by atoms with van der Waals surface area (Å²) in [4.78, 5) is 14.0. The lowest BCUT2D eigenvalue weighted by Gasteiger charge is -2.30. The summed E-state index contributed by atoms with van der Waals surface area (Å²) in [6, 6.07) is 10.3. The predicted octanol–water partition coefficient (Wildman–Crippen LogP) is 3.49. The van der Waals surface area contributed by atoms with Crippen LogP contribution in [0.1, 0.15) is 27.0 Å². The van der Waals surface area contributed by atoms with E-state index in [0.717, 1.165) is 17.2 Å². The van der Waals surface area contributed by atoms with Gasteiger partial charge in [-0.25, -0.2) is 0 Å². The van der Waals surface area contributed by atoms with Crippen molar-refractivity contribution in [2.45, 2.75) is 19.1 Å². The van der Waals surface area contributed by atoms with Crippen molar-refractivity contribution in [3.63, 3.8) is 0 Å². The zero-order chi connectivity index (χ0) is 16.6. The molecule has 1 amide bonds. The maximum Gasteiger partial charge on any atom is 0.417 e. The number of halogens is 3. The summed E-state index contributed by atoms with van der Waals surface area (Å²) in [7, 11) is 0. The molecule has 3 rings (SSSR count). The number of hydrogen-bond donors (Lipinski definition) is 1. The van der Waals surface area contributed by atoms with Crippen molar-refractivity contribution >= 4 is 11.6 Å². The third-order valence-corrected chi connectivity index (χ3v) is 3.99. The van der Waals surface area contributed by atoms with Crippen LogP contribution in [0.2, 0.25) is 0 Å². The van der Waals surface area contributed by atoms with Crippen molar-refractivity contribution in [2.75, 3.05) is 12.3 Å². The van der Waals surface area contributed by atoms with Crippen molar-refractivity contribution in [3.8, 4) is 0 Å². The van der Waals surface area contributed by atoms with Crippen LogP contribution in [0.15, 0.2) is 42.5 Å². The van der Waals surface area contributed by atoms with E-state index in [-0.39, 0.29) is 12.1 Å². The molecule has 0 saturated carbocycles. The highest BCUT2D eigenvalue weighted by Gasteiger charge is 2.36. The SMILES string of the molecule is Nc1ccc2c(c1)CN(C(=O)c1ccccc1C(F)(F)F)CC2. The van der Waals surface area contributed by atoms with Crippen LogP contribution in [0.4, 0.5) is 18.9 Å². The van der Waals surface area contributed by atoms with E-state index in [1.165, 1.54) is 23.1 Å². The highest BCUT2D eigenvalue weighted by molar-refractivity contribution is 5.96. The normalized spacial score (nSPS) is 14.5. The number of anilines is 1. The van der Waals surface area contributed by atoms with Gasteiger partial charge in [0, 0.05) is 18.8 Å². The molecule has 2 N–H and O–H groups in total. The molecule has 1 aliphatic rings. The third-order valence-electron chi connectivity index (χ3n) is 3.99. The Morgan fingerprint density at radius 2 is 1.83 bits per heavy atom. The van der Waals surface area contributed by atoms with Crippen molar-refractivity contribution < 1.29 is 18.0 Å². The molecular formula is C17H15F3N2O. The molecule has 0 aliphatic carbocycles. The molecule has 2 aromatic carbocycles. The van der Waals surface area contributed by atoms with Gasteiger partial charge < -0.3 is 10.6 Å². The van der Waals surface area contributed by atoms with Crippen LogP contribution in [0.25, 0.3) is 0 Å². The number of carbonyl (C=O) groups is 1. The maximum atomic E-state index is 13.1. The van der Waals surface area contributed by atoms with Gasteiger partial charge in [-0.3, -0.25) is 4.79 Å². The first-order valence-corrected chi connectivity index (χ1v) is 7.19. The smallest absolute Gasteiger partial charge is 0.399 e. The molecule has 120 valence electrons. The van der Waals surface area contributed by atoms with E-state index in [9.17, 15) is 18.0 Å². The minimum Gasteiger partial charge on any atom is -0.399 e. The van der Waals surface area contributed by atoms with Crippen molar-refractivity contribution in [3.05, 3.63) is 64.7 Å². The molecule has 2 aromatic rings. The Kier molecular flexibility index (Phi) is 3.75. The largest absolute Gasteiger partial charge is 0.417 e. The number of alkyl halides is 3. The maximum absolute atomic E-state index is 13.1. The van der Waals surface area contributed by atoms with E-state index >= 15 is 0 Å². The van der Waals surface area contributed by atoms with Gasteiger partial charge in [0.05, 0.1) is 11.1 Å². The molecule has 0 bridgehead atoms. The molecule has 0 spiro atoms. The second kappa shape index (κ2) is 5.61. The van der Waals surface area contributed by atoms with Gasteiger partial charge in [-0.15, -0.1) is 0 Å². The molecular weight excluding hydrogens is 305 g/mol. The van der Waals surface area contributed by atoms with Crippen LogP contribution in [0, 0.1) is 0 Å². The van der Waals surface area contributed by atoms with E-state index in [4.69, 9.17) is 5.73 Å². The summed E-state index contributed by atoms with van der Waals surface area (Å²) in [6.45, 7) is 0.660. The number of nitrogens with two attached hydrogens (primary N) is 1. The minimum atomic E-state index is -4.55. The number of hydrogen-bond acceptors (Lipinski definition) is 2. The number of nitrogen functional groups attached to an aromatic ring is 1. The lowest BCUT2D eigenvalue weighted by molar-refractivity contribution is -0.138. The third kappa shape index (κ3) is 3.02. The number of carbonyl (C=O) groups excluding carboxylic acids is 1. The number of fused-ring (bicyclic) bond motifs is 1. The Balaban J connectivity index is 1.91. The van der Waals surface area contributed by atoms with Gasteiger partial charge in [0.2, 0.25) is 0 Å². The fourth-order valence-electron chi connectivity index (χ4n) is 2.84.